The Labute approximate surface area is 125 Å². The van der Waals surface area contributed by atoms with E-state index in [4.69, 9.17) is 10.5 Å². The minimum Gasteiger partial charge on any atom is -0.377 e. The molecular formula is C13H24N4O3S. The van der Waals surface area contributed by atoms with E-state index in [2.05, 4.69) is 14.9 Å². The lowest BCUT2D eigenvalue weighted by Crippen LogP contribution is -2.30. The van der Waals surface area contributed by atoms with Crippen LogP contribution >= 0.6 is 0 Å². The van der Waals surface area contributed by atoms with Crippen LogP contribution in [-0.2, 0) is 21.3 Å². The van der Waals surface area contributed by atoms with E-state index in [0.717, 1.165) is 12.8 Å². The molecule has 0 atom stereocenters. The van der Waals surface area contributed by atoms with Crippen molar-refractivity contribution in [3.63, 3.8) is 0 Å². The lowest BCUT2D eigenvalue weighted by atomic mass is 9.98. The highest BCUT2D eigenvalue weighted by Crippen LogP contribution is 2.20. The van der Waals surface area contributed by atoms with Gasteiger partial charge in [0.25, 0.3) is 10.0 Å². The molecule has 1 fully saturated rings. The first-order valence-electron chi connectivity index (χ1n) is 7.40. The zero-order chi connectivity index (χ0) is 15.3. The van der Waals surface area contributed by atoms with E-state index in [-0.39, 0.29) is 24.2 Å². The molecule has 0 spiro atoms. The predicted octanol–water partition coefficient (Wildman–Crippen LogP) is 0.804. The van der Waals surface area contributed by atoms with E-state index in [0.29, 0.717) is 17.9 Å². The standard InChI is InChI=1S/C13H24N4O3S/c1-10-12(9-14)13(17-16-10)21(18,19)15-7-8-20-11-5-3-2-4-6-11/h11,15H,2-9,14H2,1H3,(H,16,17). The van der Waals surface area contributed by atoms with Gasteiger partial charge in [-0.2, -0.15) is 5.10 Å². The van der Waals surface area contributed by atoms with Crippen LogP contribution in [0.2, 0.25) is 0 Å². The van der Waals surface area contributed by atoms with Crippen LogP contribution in [0.5, 0.6) is 0 Å². The Balaban J connectivity index is 1.83. The predicted molar refractivity (Wildman–Crippen MR) is 79.2 cm³/mol. The summed E-state index contributed by atoms with van der Waals surface area (Å²) in [6.45, 7) is 2.51. The highest BCUT2D eigenvalue weighted by atomic mass is 32.2. The molecule has 1 saturated carbocycles. The van der Waals surface area contributed by atoms with Gasteiger partial charge in [0.2, 0.25) is 0 Å². The van der Waals surface area contributed by atoms with Gasteiger partial charge in [0.1, 0.15) is 0 Å². The van der Waals surface area contributed by atoms with E-state index < -0.39 is 10.0 Å². The van der Waals surface area contributed by atoms with Crippen LogP contribution in [0.25, 0.3) is 0 Å². The number of nitrogens with one attached hydrogen (secondary N) is 2. The number of aryl methyl sites for hydroxylation is 1. The van der Waals surface area contributed by atoms with Gasteiger partial charge in [-0.05, 0) is 19.8 Å². The van der Waals surface area contributed by atoms with Crippen molar-refractivity contribution in [2.24, 2.45) is 5.73 Å². The van der Waals surface area contributed by atoms with Crippen LogP contribution < -0.4 is 10.5 Å². The second-order valence-electron chi connectivity index (χ2n) is 5.37. The average molecular weight is 316 g/mol. The number of aromatic amines is 1. The zero-order valence-corrected chi connectivity index (χ0v) is 13.2. The maximum absolute atomic E-state index is 12.2. The fourth-order valence-electron chi connectivity index (χ4n) is 2.59. The summed E-state index contributed by atoms with van der Waals surface area (Å²) in [4.78, 5) is 0. The van der Waals surface area contributed by atoms with E-state index in [1.165, 1.54) is 19.3 Å². The SMILES string of the molecule is Cc1[nH]nc(S(=O)(=O)NCCOC2CCCCC2)c1CN. The van der Waals surface area contributed by atoms with E-state index >= 15 is 0 Å². The number of hydrogen-bond acceptors (Lipinski definition) is 5. The fourth-order valence-corrected chi connectivity index (χ4v) is 3.81. The van der Waals surface area contributed by atoms with Crippen LogP contribution in [0.15, 0.2) is 5.03 Å². The van der Waals surface area contributed by atoms with E-state index in [9.17, 15) is 8.42 Å². The first-order chi connectivity index (χ1) is 10.0. The van der Waals surface area contributed by atoms with Crippen molar-refractivity contribution in [1.82, 2.24) is 14.9 Å². The van der Waals surface area contributed by atoms with Crippen LogP contribution in [-0.4, -0.2) is 37.9 Å². The second-order valence-corrected chi connectivity index (χ2v) is 7.05. The molecule has 0 bridgehead atoms. The molecule has 1 heterocycles. The van der Waals surface area contributed by atoms with Gasteiger partial charge in [-0.15, -0.1) is 0 Å². The molecule has 7 nitrogen and oxygen atoms in total. The summed E-state index contributed by atoms with van der Waals surface area (Å²) in [6.07, 6.45) is 6.08. The fraction of sp³-hybridized carbons (Fsp3) is 0.769. The van der Waals surface area contributed by atoms with Gasteiger partial charge in [0.15, 0.2) is 5.03 Å². The topological polar surface area (TPSA) is 110 Å². The van der Waals surface area contributed by atoms with E-state index in [1.807, 2.05) is 0 Å². The number of hydrogen-bond donors (Lipinski definition) is 3. The highest BCUT2D eigenvalue weighted by molar-refractivity contribution is 7.89. The normalized spacial score (nSPS) is 17.2. The lowest BCUT2D eigenvalue weighted by Gasteiger charge is -2.21. The summed E-state index contributed by atoms with van der Waals surface area (Å²) >= 11 is 0. The Morgan fingerprint density at radius 1 is 1.38 bits per heavy atom. The number of sulfonamides is 1. The zero-order valence-electron chi connectivity index (χ0n) is 12.4. The number of nitrogens with zero attached hydrogens (tertiary/aromatic N) is 1. The van der Waals surface area contributed by atoms with Gasteiger partial charge >= 0.3 is 0 Å². The number of ether oxygens (including phenoxy) is 1. The smallest absolute Gasteiger partial charge is 0.260 e. The molecule has 0 unspecified atom stereocenters. The van der Waals surface area contributed by atoms with Crippen molar-refractivity contribution >= 4 is 10.0 Å². The number of aromatic nitrogens is 2. The maximum atomic E-state index is 12.2. The third-order valence-corrected chi connectivity index (χ3v) is 5.23. The van der Waals surface area contributed by atoms with Crippen LogP contribution in [0.3, 0.4) is 0 Å². The van der Waals surface area contributed by atoms with Gasteiger partial charge in [0.05, 0.1) is 12.7 Å². The number of nitrogens with two attached hydrogens (primary N) is 1. The largest absolute Gasteiger partial charge is 0.377 e. The van der Waals surface area contributed by atoms with E-state index in [1.54, 1.807) is 6.92 Å². The maximum Gasteiger partial charge on any atom is 0.260 e. The molecule has 120 valence electrons. The van der Waals surface area contributed by atoms with Crippen molar-refractivity contribution in [1.29, 1.82) is 0 Å². The Hall–Kier alpha value is -0.960. The Morgan fingerprint density at radius 3 is 2.76 bits per heavy atom. The first kappa shape index (κ1) is 16.4. The molecule has 0 radical (unpaired) electrons. The molecule has 1 aromatic heterocycles. The van der Waals surface area contributed by atoms with Crippen LogP contribution in [0, 0.1) is 6.92 Å². The van der Waals surface area contributed by atoms with Crippen molar-refractivity contribution in [3.8, 4) is 0 Å². The summed E-state index contributed by atoms with van der Waals surface area (Å²) in [5, 5.41) is 6.47. The third kappa shape index (κ3) is 4.26. The summed E-state index contributed by atoms with van der Waals surface area (Å²) in [5.74, 6) is 0. The molecule has 0 saturated heterocycles. The van der Waals surface area contributed by atoms with Gasteiger partial charge < -0.3 is 10.5 Å². The Kier molecular flexibility index (Phi) is 5.74. The lowest BCUT2D eigenvalue weighted by molar-refractivity contribution is 0.0321. The monoisotopic (exact) mass is 316 g/mol. The Morgan fingerprint density at radius 2 is 2.10 bits per heavy atom. The van der Waals surface area contributed by atoms with Crippen molar-refractivity contribution < 1.29 is 13.2 Å². The van der Waals surface area contributed by atoms with Gasteiger partial charge in [-0.25, -0.2) is 13.1 Å². The molecule has 21 heavy (non-hydrogen) atoms. The van der Waals surface area contributed by atoms with Crippen molar-refractivity contribution in [2.45, 2.75) is 56.7 Å². The summed E-state index contributed by atoms with van der Waals surface area (Å²) in [7, 11) is -3.64. The first-order valence-corrected chi connectivity index (χ1v) is 8.88. The molecule has 1 aliphatic rings. The summed E-state index contributed by atoms with van der Waals surface area (Å²) in [6, 6.07) is 0. The Bertz CT molecular complexity index is 550. The van der Waals surface area contributed by atoms with Gasteiger partial charge in [-0.1, -0.05) is 19.3 Å². The quantitative estimate of drug-likeness (QED) is 0.645. The molecule has 1 aliphatic carbocycles. The molecular weight excluding hydrogens is 292 g/mol. The number of H-pyrrole nitrogens is 1. The van der Waals surface area contributed by atoms with Crippen LogP contribution in [0.1, 0.15) is 43.4 Å². The molecule has 2 rings (SSSR count). The summed E-state index contributed by atoms with van der Waals surface area (Å²) < 4.78 is 32.6. The molecule has 0 amide bonds. The minimum atomic E-state index is -3.64. The average Bonchev–Trinajstić information content (AvgIpc) is 2.86. The second kappa shape index (κ2) is 7.35. The molecule has 1 aromatic rings. The molecule has 8 heteroatoms. The number of rotatable bonds is 7. The molecule has 0 aliphatic heterocycles. The van der Waals surface area contributed by atoms with Gasteiger partial charge in [-0.3, -0.25) is 5.10 Å². The van der Waals surface area contributed by atoms with Crippen LogP contribution in [0.4, 0.5) is 0 Å². The van der Waals surface area contributed by atoms with Crippen molar-refractivity contribution in [2.75, 3.05) is 13.2 Å². The highest BCUT2D eigenvalue weighted by Gasteiger charge is 2.22. The van der Waals surface area contributed by atoms with Crippen molar-refractivity contribution in [3.05, 3.63) is 11.3 Å². The molecule has 4 N–H and O–H groups in total. The minimum absolute atomic E-state index is 0.0137. The van der Waals surface area contributed by atoms with Gasteiger partial charge in [0, 0.05) is 24.3 Å². The molecule has 0 aromatic carbocycles. The third-order valence-electron chi connectivity index (χ3n) is 3.79. The summed E-state index contributed by atoms with van der Waals surface area (Å²) in [5.41, 5.74) is 6.77.